The van der Waals surface area contributed by atoms with Crippen molar-refractivity contribution in [2.24, 2.45) is 0 Å². The monoisotopic (exact) mass is 479 g/mol. The highest BCUT2D eigenvalue weighted by atomic mass is 35.5. The van der Waals surface area contributed by atoms with Crippen molar-refractivity contribution >= 4 is 56.6 Å². The smallest absolute Gasteiger partial charge is 0.148 e. The minimum atomic E-state index is 0.157. The van der Waals surface area contributed by atoms with E-state index in [0.29, 0.717) is 39.5 Å². The number of fused-ring (bicyclic) bond motifs is 2. The van der Waals surface area contributed by atoms with Crippen molar-refractivity contribution in [2.45, 2.75) is 5.88 Å². The molecule has 166 valence electrons. The van der Waals surface area contributed by atoms with E-state index in [-0.39, 0.29) is 5.88 Å². The van der Waals surface area contributed by atoms with Gasteiger partial charge in [0, 0.05) is 17.3 Å². The Bertz CT molecular complexity index is 1450. The first-order valence-corrected chi connectivity index (χ1v) is 11.0. The third kappa shape index (κ3) is 4.01. The average Bonchev–Trinajstić information content (AvgIpc) is 3.28. The number of halogens is 2. The number of benzene rings is 3. The normalized spacial score (nSPS) is 11.2. The van der Waals surface area contributed by atoms with E-state index in [9.17, 15) is 0 Å². The molecule has 0 aliphatic heterocycles. The largest absolute Gasteiger partial charge is 0.497 e. The summed E-state index contributed by atoms with van der Waals surface area (Å²) in [6.07, 6.45) is 0. The number of nitrogens with one attached hydrogen (secondary N) is 2. The quantitative estimate of drug-likeness (QED) is 0.277. The summed E-state index contributed by atoms with van der Waals surface area (Å²) in [5.74, 6) is 3.09. The van der Waals surface area contributed by atoms with Gasteiger partial charge in [-0.25, -0.2) is 15.0 Å². The first kappa shape index (κ1) is 21.3. The number of ether oxygens (including phenoxy) is 2. The van der Waals surface area contributed by atoms with E-state index in [1.54, 1.807) is 20.3 Å². The van der Waals surface area contributed by atoms with Gasteiger partial charge in [-0.15, -0.1) is 11.6 Å². The van der Waals surface area contributed by atoms with Crippen molar-refractivity contribution in [3.63, 3.8) is 0 Å². The van der Waals surface area contributed by atoms with Crippen LogP contribution in [0.25, 0.3) is 33.3 Å². The Morgan fingerprint density at radius 1 is 0.970 bits per heavy atom. The number of hydrogen-bond donors (Lipinski definition) is 2. The number of aromatic nitrogens is 4. The first-order chi connectivity index (χ1) is 16.1. The van der Waals surface area contributed by atoms with Crippen LogP contribution in [0.3, 0.4) is 0 Å². The molecule has 0 atom stereocenters. The Labute approximate surface area is 199 Å². The molecule has 0 spiro atoms. The lowest BCUT2D eigenvalue weighted by atomic mass is 10.1. The molecule has 0 amide bonds. The maximum Gasteiger partial charge on any atom is 0.148 e. The summed E-state index contributed by atoms with van der Waals surface area (Å²) >= 11 is 12.6. The molecule has 0 saturated heterocycles. The van der Waals surface area contributed by atoms with Gasteiger partial charge in [-0.3, -0.25) is 0 Å². The molecule has 5 aromatic rings. The molecule has 7 nitrogen and oxygen atoms in total. The topological polar surface area (TPSA) is 84.9 Å². The Hall–Kier alpha value is -3.55. The van der Waals surface area contributed by atoms with Crippen LogP contribution >= 0.6 is 23.2 Å². The second kappa shape index (κ2) is 8.77. The number of alkyl halides is 1. The van der Waals surface area contributed by atoms with Gasteiger partial charge in [0.25, 0.3) is 0 Å². The van der Waals surface area contributed by atoms with Crippen LogP contribution in [0.1, 0.15) is 5.82 Å². The molecule has 0 unspecified atom stereocenters. The molecule has 2 heterocycles. The molecule has 9 heteroatoms. The van der Waals surface area contributed by atoms with Gasteiger partial charge in [-0.2, -0.15) is 0 Å². The van der Waals surface area contributed by atoms with Crippen LogP contribution in [0.4, 0.5) is 11.5 Å². The molecule has 0 bridgehead atoms. The summed E-state index contributed by atoms with van der Waals surface area (Å²) in [7, 11) is 3.18. The van der Waals surface area contributed by atoms with Crippen LogP contribution in [0.5, 0.6) is 11.5 Å². The molecule has 0 aliphatic rings. The lowest BCUT2D eigenvalue weighted by Crippen LogP contribution is -2.02. The Kier molecular flexibility index (Phi) is 5.66. The van der Waals surface area contributed by atoms with Gasteiger partial charge in [-0.05, 0) is 36.4 Å². The summed E-state index contributed by atoms with van der Waals surface area (Å²) in [6, 6.07) is 17.1. The van der Waals surface area contributed by atoms with E-state index < -0.39 is 0 Å². The molecular weight excluding hydrogens is 461 g/mol. The lowest BCUT2D eigenvalue weighted by Gasteiger charge is -2.14. The zero-order chi connectivity index (χ0) is 22.9. The van der Waals surface area contributed by atoms with Gasteiger partial charge in [0.15, 0.2) is 0 Å². The summed E-state index contributed by atoms with van der Waals surface area (Å²) in [5.41, 5.74) is 3.99. The number of anilines is 2. The highest BCUT2D eigenvalue weighted by molar-refractivity contribution is 6.33. The Morgan fingerprint density at radius 2 is 1.82 bits per heavy atom. The minimum Gasteiger partial charge on any atom is -0.497 e. The number of hydrogen-bond acceptors (Lipinski definition) is 6. The average molecular weight is 480 g/mol. The number of aromatic amines is 1. The maximum absolute atomic E-state index is 6.52. The summed E-state index contributed by atoms with van der Waals surface area (Å²) in [5, 5.41) is 4.69. The summed E-state index contributed by atoms with van der Waals surface area (Å²) in [6.45, 7) is 0. The van der Waals surface area contributed by atoms with E-state index in [0.717, 1.165) is 27.7 Å². The molecule has 2 aromatic heterocycles. The van der Waals surface area contributed by atoms with Crippen LogP contribution in [-0.4, -0.2) is 34.2 Å². The zero-order valence-electron chi connectivity index (χ0n) is 17.8. The first-order valence-electron chi connectivity index (χ1n) is 10.1. The van der Waals surface area contributed by atoms with Crippen LogP contribution in [0.15, 0.2) is 54.6 Å². The van der Waals surface area contributed by atoms with Crippen molar-refractivity contribution in [1.82, 2.24) is 19.9 Å². The number of methoxy groups -OCH3 is 2. The van der Waals surface area contributed by atoms with E-state index in [1.807, 2.05) is 48.5 Å². The lowest BCUT2D eigenvalue weighted by molar-refractivity contribution is 0.397. The van der Waals surface area contributed by atoms with Gasteiger partial charge in [0.05, 0.1) is 41.5 Å². The van der Waals surface area contributed by atoms with E-state index in [2.05, 4.69) is 25.3 Å². The molecule has 0 aliphatic carbocycles. The number of H-pyrrole nitrogens is 1. The van der Waals surface area contributed by atoms with Crippen molar-refractivity contribution in [1.29, 1.82) is 0 Å². The number of para-hydroxylation sites is 2. The second-order valence-electron chi connectivity index (χ2n) is 7.27. The van der Waals surface area contributed by atoms with Crippen molar-refractivity contribution in [3.8, 4) is 22.9 Å². The number of imidazole rings is 1. The molecule has 2 N–H and O–H groups in total. The molecule has 3 aromatic carbocycles. The fraction of sp³-hybridized carbons (Fsp3) is 0.125. The van der Waals surface area contributed by atoms with E-state index in [1.165, 1.54) is 0 Å². The van der Waals surface area contributed by atoms with Gasteiger partial charge in [0.2, 0.25) is 0 Å². The molecule has 5 rings (SSSR count). The minimum absolute atomic E-state index is 0.157. The SMILES string of the molecule is COc1cc(OC)c2nc(CCl)nc(Nc3ccc(Cl)c(-c4nc5ccccc5[nH]4)c3)c2c1. The number of nitrogens with zero attached hydrogens (tertiary/aromatic N) is 3. The third-order valence-electron chi connectivity index (χ3n) is 5.23. The van der Waals surface area contributed by atoms with E-state index >= 15 is 0 Å². The van der Waals surface area contributed by atoms with Gasteiger partial charge in [-0.1, -0.05) is 23.7 Å². The van der Waals surface area contributed by atoms with Crippen LogP contribution in [0, 0.1) is 0 Å². The second-order valence-corrected chi connectivity index (χ2v) is 7.94. The Balaban J connectivity index is 1.62. The highest BCUT2D eigenvalue weighted by Gasteiger charge is 2.16. The third-order valence-corrected chi connectivity index (χ3v) is 5.80. The van der Waals surface area contributed by atoms with Gasteiger partial charge < -0.3 is 19.8 Å². The molecule has 0 saturated carbocycles. The molecule has 0 fully saturated rings. The molecule has 0 radical (unpaired) electrons. The summed E-state index contributed by atoms with van der Waals surface area (Å²) < 4.78 is 11.0. The van der Waals surface area contributed by atoms with Crippen molar-refractivity contribution in [2.75, 3.05) is 19.5 Å². The summed E-state index contributed by atoms with van der Waals surface area (Å²) in [4.78, 5) is 17.1. The van der Waals surface area contributed by atoms with Gasteiger partial charge in [0.1, 0.15) is 34.5 Å². The predicted molar refractivity (Wildman–Crippen MR) is 132 cm³/mol. The number of rotatable bonds is 6. The van der Waals surface area contributed by atoms with Crippen molar-refractivity contribution in [3.05, 3.63) is 65.4 Å². The standard InChI is InChI=1S/C24H19Cl2N5O2/c1-32-14-10-16-22(20(11-14)33-2)30-21(12-25)31-24(16)27-13-7-8-17(26)15(9-13)23-28-18-5-3-4-6-19(18)29-23/h3-11H,12H2,1-2H3,(H,28,29)(H,27,30,31). The van der Waals surface area contributed by atoms with Crippen LogP contribution < -0.4 is 14.8 Å². The fourth-order valence-electron chi connectivity index (χ4n) is 3.65. The van der Waals surface area contributed by atoms with Crippen molar-refractivity contribution < 1.29 is 9.47 Å². The predicted octanol–water partition coefficient (Wildman–Crippen LogP) is 6.33. The Morgan fingerprint density at radius 3 is 2.58 bits per heavy atom. The molecule has 33 heavy (non-hydrogen) atoms. The fourth-order valence-corrected chi connectivity index (χ4v) is 3.98. The van der Waals surface area contributed by atoms with Crippen LogP contribution in [-0.2, 0) is 5.88 Å². The van der Waals surface area contributed by atoms with E-state index in [4.69, 9.17) is 32.7 Å². The van der Waals surface area contributed by atoms with Crippen LogP contribution in [0.2, 0.25) is 5.02 Å². The molecular formula is C24H19Cl2N5O2. The maximum atomic E-state index is 6.52. The highest BCUT2D eigenvalue weighted by Crippen LogP contribution is 2.36. The zero-order valence-corrected chi connectivity index (χ0v) is 19.3. The van der Waals surface area contributed by atoms with Gasteiger partial charge >= 0.3 is 0 Å².